The van der Waals surface area contributed by atoms with E-state index in [4.69, 9.17) is 32.7 Å². The molecule has 12 nitrogen and oxygen atoms in total. The first-order valence-electron chi connectivity index (χ1n) is 10.9. The standard InChI is InChI=1S/C24H17Cl2N7O5/c1-37-13-4-2-12(3-5-13)33-17(10-18(34)32-33)30-24(36)29-14-6-7-15(21(26)20(14)25)38-16-8-9-27-23-22(16)28-11-19(35)31-23/h2-11H,1H3,(H,32,34)(H,27,31,35)(H2,29,30,36). The van der Waals surface area contributed by atoms with Crippen LogP contribution in [0, 0.1) is 0 Å². The van der Waals surface area contributed by atoms with Crippen LogP contribution in [0.5, 0.6) is 17.2 Å². The number of anilines is 2. The third-order valence-corrected chi connectivity index (χ3v) is 6.12. The molecule has 0 unspecified atom stereocenters. The third-order valence-electron chi connectivity index (χ3n) is 5.26. The SMILES string of the molecule is COc1ccc(-n2[nH]c(=O)cc2NC(=O)Nc2ccc(Oc3ccnc4[nH]c(=O)cnc34)c(Cl)c2Cl)cc1. The van der Waals surface area contributed by atoms with Gasteiger partial charge in [-0.25, -0.2) is 19.4 Å². The quantitative estimate of drug-likeness (QED) is 0.240. The van der Waals surface area contributed by atoms with Crippen LogP contribution in [0.15, 0.2) is 70.5 Å². The minimum atomic E-state index is -0.675. The minimum absolute atomic E-state index is 0.0145. The van der Waals surface area contributed by atoms with Crippen LogP contribution < -0.4 is 31.2 Å². The average Bonchev–Trinajstić information content (AvgIpc) is 3.27. The van der Waals surface area contributed by atoms with E-state index in [1.807, 2.05) is 0 Å². The zero-order valence-corrected chi connectivity index (χ0v) is 20.9. The largest absolute Gasteiger partial charge is 0.497 e. The number of hydrogen-bond donors (Lipinski definition) is 4. The highest BCUT2D eigenvalue weighted by molar-refractivity contribution is 6.45. The van der Waals surface area contributed by atoms with Crippen molar-refractivity contribution in [3.05, 3.63) is 91.7 Å². The number of carbonyl (C=O) groups excluding carboxylic acids is 1. The van der Waals surface area contributed by atoms with Gasteiger partial charge in [0.15, 0.2) is 11.4 Å². The fourth-order valence-corrected chi connectivity index (χ4v) is 3.93. The van der Waals surface area contributed by atoms with Crippen molar-refractivity contribution in [3.63, 3.8) is 0 Å². The van der Waals surface area contributed by atoms with Gasteiger partial charge in [-0.1, -0.05) is 23.2 Å². The number of fused-ring (bicyclic) bond motifs is 1. The summed E-state index contributed by atoms with van der Waals surface area (Å²) in [6, 6.07) is 12.0. The van der Waals surface area contributed by atoms with Gasteiger partial charge in [0.05, 0.1) is 29.7 Å². The van der Waals surface area contributed by atoms with Crippen molar-refractivity contribution in [1.82, 2.24) is 24.7 Å². The lowest BCUT2D eigenvalue weighted by molar-refractivity contribution is 0.262. The normalized spacial score (nSPS) is 10.8. The number of aromatic nitrogens is 5. The molecule has 4 N–H and O–H groups in total. The Bertz CT molecular complexity index is 1780. The van der Waals surface area contributed by atoms with Crippen LogP contribution >= 0.6 is 23.2 Å². The average molecular weight is 554 g/mol. The Morgan fingerprint density at radius 3 is 2.50 bits per heavy atom. The molecule has 0 aliphatic heterocycles. The molecule has 0 saturated heterocycles. The molecule has 38 heavy (non-hydrogen) atoms. The number of urea groups is 1. The maximum atomic E-state index is 12.7. The predicted molar refractivity (Wildman–Crippen MR) is 142 cm³/mol. The van der Waals surface area contributed by atoms with Gasteiger partial charge in [0.2, 0.25) is 0 Å². The van der Waals surface area contributed by atoms with E-state index in [1.54, 1.807) is 37.4 Å². The Balaban J connectivity index is 1.35. The second kappa shape index (κ2) is 10.3. The molecule has 0 fully saturated rings. The molecule has 0 aliphatic rings. The van der Waals surface area contributed by atoms with Gasteiger partial charge in [-0.3, -0.25) is 20.0 Å². The predicted octanol–water partition coefficient (Wildman–Crippen LogP) is 4.55. The maximum absolute atomic E-state index is 12.7. The zero-order chi connectivity index (χ0) is 26.8. The first-order valence-corrected chi connectivity index (χ1v) is 11.6. The molecule has 5 rings (SSSR count). The summed E-state index contributed by atoms with van der Waals surface area (Å²) in [4.78, 5) is 46.9. The summed E-state index contributed by atoms with van der Waals surface area (Å²) in [6.45, 7) is 0. The number of nitrogens with zero attached hydrogens (tertiary/aromatic N) is 3. The highest BCUT2D eigenvalue weighted by Crippen LogP contribution is 2.40. The van der Waals surface area contributed by atoms with Gasteiger partial charge >= 0.3 is 6.03 Å². The van der Waals surface area contributed by atoms with Crippen LogP contribution in [0.2, 0.25) is 10.0 Å². The lowest BCUT2D eigenvalue weighted by atomic mass is 10.3. The van der Waals surface area contributed by atoms with Crippen LogP contribution in [0.4, 0.5) is 16.3 Å². The van der Waals surface area contributed by atoms with E-state index in [2.05, 4.69) is 30.7 Å². The molecule has 14 heteroatoms. The van der Waals surface area contributed by atoms with Gasteiger partial charge in [0.25, 0.3) is 11.1 Å². The number of aromatic amines is 2. The monoisotopic (exact) mass is 553 g/mol. The topological polar surface area (TPSA) is 156 Å². The lowest BCUT2D eigenvalue weighted by Gasteiger charge is -2.14. The van der Waals surface area contributed by atoms with E-state index in [0.29, 0.717) is 17.0 Å². The van der Waals surface area contributed by atoms with Crippen LogP contribution in [0.25, 0.3) is 16.9 Å². The molecule has 0 spiro atoms. The van der Waals surface area contributed by atoms with E-state index in [-0.39, 0.29) is 38.7 Å². The molecule has 3 aromatic heterocycles. The summed E-state index contributed by atoms with van der Waals surface area (Å²) in [5, 5.41) is 7.86. The van der Waals surface area contributed by atoms with Gasteiger partial charge in [0.1, 0.15) is 27.9 Å². The molecule has 192 valence electrons. The van der Waals surface area contributed by atoms with E-state index >= 15 is 0 Å². The number of halogens is 2. The first kappa shape index (κ1) is 24.9. The number of benzene rings is 2. The molecule has 0 radical (unpaired) electrons. The van der Waals surface area contributed by atoms with Crippen molar-refractivity contribution < 1.29 is 14.3 Å². The minimum Gasteiger partial charge on any atom is -0.497 e. The highest BCUT2D eigenvalue weighted by Gasteiger charge is 2.17. The third kappa shape index (κ3) is 5.03. The number of hydrogen-bond acceptors (Lipinski definition) is 7. The first-order chi connectivity index (χ1) is 18.3. The smallest absolute Gasteiger partial charge is 0.324 e. The number of methoxy groups -OCH3 is 1. The second-order valence-corrected chi connectivity index (χ2v) is 8.47. The Morgan fingerprint density at radius 2 is 1.74 bits per heavy atom. The number of amides is 2. The summed E-state index contributed by atoms with van der Waals surface area (Å²) in [7, 11) is 1.54. The fraction of sp³-hybridized carbons (Fsp3) is 0.0417. The molecule has 0 saturated carbocycles. The second-order valence-electron chi connectivity index (χ2n) is 7.71. The van der Waals surface area contributed by atoms with Crippen LogP contribution in [0.1, 0.15) is 0 Å². The van der Waals surface area contributed by atoms with Gasteiger partial charge in [-0.2, -0.15) is 0 Å². The van der Waals surface area contributed by atoms with Crippen molar-refractivity contribution >= 4 is 51.9 Å². The molecule has 2 amide bonds. The van der Waals surface area contributed by atoms with E-state index in [0.717, 1.165) is 6.20 Å². The Kier molecular flexibility index (Phi) is 6.73. The molecular weight excluding hydrogens is 537 g/mol. The Labute approximate surface area is 223 Å². The number of rotatable bonds is 6. The van der Waals surface area contributed by atoms with Crippen molar-refractivity contribution in [2.75, 3.05) is 17.7 Å². The Hall–Kier alpha value is -4.81. The molecule has 5 aromatic rings. The van der Waals surface area contributed by atoms with Crippen molar-refractivity contribution in [3.8, 4) is 22.9 Å². The molecule has 0 bridgehead atoms. The summed E-state index contributed by atoms with van der Waals surface area (Å²) in [6.07, 6.45) is 2.55. The number of ether oxygens (including phenoxy) is 2. The Morgan fingerprint density at radius 1 is 0.947 bits per heavy atom. The lowest BCUT2D eigenvalue weighted by Crippen LogP contribution is -2.21. The summed E-state index contributed by atoms with van der Waals surface area (Å²) >= 11 is 12.8. The summed E-state index contributed by atoms with van der Waals surface area (Å²) < 4.78 is 12.4. The number of H-pyrrole nitrogens is 2. The highest BCUT2D eigenvalue weighted by atomic mass is 35.5. The molecule has 3 heterocycles. The molecule has 0 atom stereocenters. The van der Waals surface area contributed by atoms with Gasteiger partial charge < -0.3 is 19.8 Å². The van der Waals surface area contributed by atoms with Gasteiger partial charge in [0, 0.05) is 18.3 Å². The molecule has 0 aliphatic carbocycles. The van der Waals surface area contributed by atoms with Crippen molar-refractivity contribution in [2.45, 2.75) is 0 Å². The fourth-order valence-electron chi connectivity index (χ4n) is 3.52. The summed E-state index contributed by atoms with van der Waals surface area (Å²) in [5.74, 6) is 1.29. The van der Waals surface area contributed by atoms with Crippen molar-refractivity contribution in [1.29, 1.82) is 0 Å². The van der Waals surface area contributed by atoms with Crippen LogP contribution in [-0.2, 0) is 0 Å². The van der Waals surface area contributed by atoms with E-state index < -0.39 is 17.1 Å². The number of carbonyl (C=O) groups is 1. The van der Waals surface area contributed by atoms with E-state index in [9.17, 15) is 14.4 Å². The zero-order valence-electron chi connectivity index (χ0n) is 19.4. The molecular formula is C24H17Cl2N7O5. The van der Waals surface area contributed by atoms with Gasteiger partial charge in [-0.05, 0) is 36.4 Å². The maximum Gasteiger partial charge on any atom is 0.324 e. The summed E-state index contributed by atoms with van der Waals surface area (Å²) in [5.41, 5.74) is 0.518. The van der Waals surface area contributed by atoms with Crippen LogP contribution in [-0.4, -0.2) is 37.9 Å². The van der Waals surface area contributed by atoms with Crippen LogP contribution in [0.3, 0.4) is 0 Å². The van der Waals surface area contributed by atoms with E-state index in [1.165, 1.54) is 29.1 Å². The molecule has 2 aromatic carbocycles. The van der Waals surface area contributed by atoms with Gasteiger partial charge in [-0.15, -0.1) is 0 Å². The number of pyridine rings is 1. The van der Waals surface area contributed by atoms with Crippen molar-refractivity contribution in [2.24, 2.45) is 0 Å². The number of nitrogens with one attached hydrogen (secondary N) is 4.